The van der Waals surface area contributed by atoms with Crippen molar-refractivity contribution < 1.29 is 23.3 Å². The summed E-state index contributed by atoms with van der Waals surface area (Å²) in [4.78, 5) is 19.9. The normalized spacial score (nSPS) is 14.7. The highest BCUT2D eigenvalue weighted by Gasteiger charge is 2.34. The molecule has 4 aromatic heterocycles. The molecule has 0 radical (unpaired) electrons. The summed E-state index contributed by atoms with van der Waals surface area (Å²) in [6, 6.07) is 45.4. The summed E-state index contributed by atoms with van der Waals surface area (Å²) >= 11 is 3.34. The van der Waals surface area contributed by atoms with Crippen molar-refractivity contribution >= 4 is 15.9 Å². The molecule has 2 atom stereocenters. The Morgan fingerprint density at radius 1 is 0.551 bits per heavy atom. The first kappa shape index (κ1) is 48.9. The van der Waals surface area contributed by atoms with Crippen LogP contribution in [0.5, 0.6) is 11.5 Å². The standard InChI is InChI=1S/C30H34N4O3.C26H26BrN3O2/c1-22(2)30(3,25-11-13-27(14-12-25)36-21-26-6-4-5-15-31-26)24-9-7-23(8-10-24)29-32-28(37-33-29)20-34-16-18-35-19-17-34;1-18(2)26(3,20-9-7-19(8-10-20)25-29-24(16-27)32-30-25)21-11-13-23(14-12-21)31-17-22-6-4-5-15-28-22/h4-15,22H,16-21H2,1-3H3;4-15,18H,16-17H2,1-3H3. The van der Waals surface area contributed by atoms with Gasteiger partial charge in [-0.25, -0.2) is 0 Å². The Hall–Kier alpha value is -6.54. The number of ether oxygens (including phenoxy) is 3. The highest BCUT2D eigenvalue weighted by Crippen LogP contribution is 2.41. The smallest absolute Gasteiger partial charge is 0.241 e. The molecule has 0 amide bonds. The first-order valence-electron chi connectivity index (χ1n) is 23.5. The first-order chi connectivity index (χ1) is 33.5. The minimum Gasteiger partial charge on any atom is -0.487 e. The number of aromatic nitrogens is 6. The van der Waals surface area contributed by atoms with Crippen molar-refractivity contribution in [1.82, 2.24) is 35.1 Å². The molecule has 13 heteroatoms. The van der Waals surface area contributed by atoms with E-state index in [0.29, 0.717) is 60.4 Å². The maximum atomic E-state index is 5.95. The fourth-order valence-electron chi connectivity index (χ4n) is 8.49. The lowest BCUT2D eigenvalue weighted by Crippen LogP contribution is -2.35. The number of rotatable bonds is 17. The Bertz CT molecular complexity index is 2800. The van der Waals surface area contributed by atoms with Crippen LogP contribution in [0.4, 0.5) is 0 Å². The summed E-state index contributed by atoms with van der Waals surface area (Å²) < 4.78 is 28.0. The SMILES string of the molecule is CC(C)C(C)(c1ccc(OCc2ccccn2)cc1)c1ccc(-c2noc(CBr)n2)cc1.CC(C)C(C)(c1ccc(OCc2ccccn2)cc1)c1ccc(-c2noc(CN3CCOCC3)n2)cc1. The number of hydrogen-bond donors (Lipinski definition) is 0. The van der Waals surface area contributed by atoms with Crippen LogP contribution in [0.1, 0.15) is 87.0 Å². The van der Waals surface area contributed by atoms with Gasteiger partial charge in [-0.15, -0.1) is 0 Å². The van der Waals surface area contributed by atoms with Gasteiger partial charge in [0.05, 0.1) is 36.5 Å². The van der Waals surface area contributed by atoms with Crippen LogP contribution in [0, 0.1) is 11.8 Å². The van der Waals surface area contributed by atoms with Crippen LogP contribution >= 0.6 is 15.9 Å². The van der Waals surface area contributed by atoms with E-state index in [1.54, 1.807) is 12.4 Å². The van der Waals surface area contributed by atoms with Gasteiger partial charge < -0.3 is 23.3 Å². The molecule has 69 heavy (non-hydrogen) atoms. The maximum absolute atomic E-state index is 5.95. The van der Waals surface area contributed by atoms with Crippen molar-refractivity contribution in [3.63, 3.8) is 0 Å². The highest BCUT2D eigenvalue weighted by atomic mass is 79.9. The summed E-state index contributed by atoms with van der Waals surface area (Å²) in [7, 11) is 0. The Balaban J connectivity index is 0.000000188. The van der Waals surface area contributed by atoms with Crippen LogP contribution in [0.3, 0.4) is 0 Å². The lowest BCUT2D eigenvalue weighted by Gasteiger charge is -2.35. The van der Waals surface area contributed by atoms with Crippen LogP contribution in [0.25, 0.3) is 22.8 Å². The fraction of sp³-hybridized carbons (Fsp3) is 0.321. The number of pyridine rings is 2. The molecule has 1 aliphatic rings. The predicted molar refractivity (Wildman–Crippen MR) is 271 cm³/mol. The molecular formula is C56H60BrN7O5. The molecular weight excluding hydrogens is 931 g/mol. The molecule has 5 heterocycles. The van der Waals surface area contributed by atoms with E-state index in [-0.39, 0.29) is 10.8 Å². The van der Waals surface area contributed by atoms with Crippen molar-refractivity contribution in [3.05, 3.63) is 191 Å². The molecule has 4 aromatic carbocycles. The maximum Gasteiger partial charge on any atom is 0.241 e. The molecule has 1 aliphatic heterocycles. The van der Waals surface area contributed by atoms with Crippen LogP contribution in [-0.2, 0) is 40.7 Å². The Morgan fingerprint density at radius 2 is 0.957 bits per heavy atom. The largest absolute Gasteiger partial charge is 0.487 e. The van der Waals surface area contributed by atoms with E-state index in [1.807, 2.05) is 60.7 Å². The summed E-state index contributed by atoms with van der Waals surface area (Å²) in [6.45, 7) is 18.4. The first-order valence-corrected chi connectivity index (χ1v) is 24.6. The summed E-state index contributed by atoms with van der Waals surface area (Å²) in [6.07, 6.45) is 3.56. The molecule has 12 nitrogen and oxygen atoms in total. The highest BCUT2D eigenvalue weighted by molar-refractivity contribution is 9.08. The van der Waals surface area contributed by atoms with E-state index >= 15 is 0 Å². The average molecular weight is 991 g/mol. The summed E-state index contributed by atoms with van der Waals surface area (Å²) in [5, 5.41) is 8.83. The number of morpholine rings is 1. The van der Waals surface area contributed by atoms with Gasteiger partial charge in [0, 0.05) is 47.4 Å². The topological polar surface area (TPSA) is 135 Å². The molecule has 8 aromatic rings. The average Bonchev–Trinajstić information content (AvgIpc) is 4.09. The number of hydrogen-bond acceptors (Lipinski definition) is 12. The van der Waals surface area contributed by atoms with Gasteiger partial charge in [-0.2, -0.15) is 9.97 Å². The van der Waals surface area contributed by atoms with Gasteiger partial charge in [0.15, 0.2) is 0 Å². The van der Waals surface area contributed by atoms with Crippen molar-refractivity contribution in [1.29, 1.82) is 0 Å². The minimum absolute atomic E-state index is 0.156. The molecule has 356 valence electrons. The molecule has 2 unspecified atom stereocenters. The minimum atomic E-state index is -0.170. The quantitative estimate of drug-likeness (QED) is 0.0804. The lowest BCUT2D eigenvalue weighted by atomic mass is 9.68. The molecule has 0 spiro atoms. The number of halogens is 1. The molecule has 0 bridgehead atoms. The van der Waals surface area contributed by atoms with E-state index in [2.05, 4.69) is 165 Å². The molecule has 0 saturated carbocycles. The van der Waals surface area contributed by atoms with Crippen LogP contribution < -0.4 is 9.47 Å². The van der Waals surface area contributed by atoms with Gasteiger partial charge in [-0.1, -0.05) is 153 Å². The van der Waals surface area contributed by atoms with E-state index in [9.17, 15) is 0 Å². The van der Waals surface area contributed by atoms with Crippen molar-refractivity contribution in [2.75, 3.05) is 26.3 Å². The van der Waals surface area contributed by atoms with E-state index < -0.39 is 0 Å². The fourth-order valence-corrected chi connectivity index (χ4v) is 8.72. The molecule has 9 rings (SSSR count). The monoisotopic (exact) mass is 989 g/mol. The van der Waals surface area contributed by atoms with Gasteiger partial charge in [-0.3, -0.25) is 14.9 Å². The third-order valence-corrected chi connectivity index (χ3v) is 13.9. The lowest BCUT2D eigenvalue weighted by molar-refractivity contribution is 0.0297. The zero-order chi connectivity index (χ0) is 48.2. The second kappa shape index (κ2) is 22.7. The third kappa shape index (κ3) is 11.8. The third-order valence-electron chi connectivity index (χ3n) is 13.4. The van der Waals surface area contributed by atoms with Gasteiger partial charge in [0.25, 0.3) is 0 Å². The van der Waals surface area contributed by atoms with E-state index in [0.717, 1.165) is 60.3 Å². The molecule has 0 N–H and O–H groups in total. The van der Waals surface area contributed by atoms with E-state index in [1.165, 1.54) is 22.3 Å². The summed E-state index contributed by atoms with van der Waals surface area (Å²) in [5.74, 6) is 4.87. The Morgan fingerprint density at radius 3 is 1.33 bits per heavy atom. The number of alkyl halides is 1. The molecule has 1 fully saturated rings. The predicted octanol–water partition coefficient (Wildman–Crippen LogP) is 12.1. The van der Waals surface area contributed by atoms with Crippen molar-refractivity contribution in [3.8, 4) is 34.3 Å². The van der Waals surface area contributed by atoms with Crippen molar-refractivity contribution in [2.45, 2.75) is 77.5 Å². The zero-order valence-electron chi connectivity index (χ0n) is 40.2. The van der Waals surface area contributed by atoms with E-state index in [4.69, 9.17) is 23.3 Å². The Kier molecular flexibility index (Phi) is 16.1. The van der Waals surface area contributed by atoms with Crippen LogP contribution in [-0.4, -0.2) is 61.5 Å². The van der Waals surface area contributed by atoms with Gasteiger partial charge in [0.2, 0.25) is 23.4 Å². The number of nitrogens with zero attached hydrogens (tertiary/aromatic N) is 7. The zero-order valence-corrected chi connectivity index (χ0v) is 41.8. The van der Waals surface area contributed by atoms with Gasteiger partial charge in [-0.05, 0) is 82.6 Å². The number of benzene rings is 4. The second-order valence-electron chi connectivity index (χ2n) is 18.2. The summed E-state index contributed by atoms with van der Waals surface area (Å²) in [5.41, 5.74) is 8.35. The van der Waals surface area contributed by atoms with Gasteiger partial charge in [0.1, 0.15) is 24.7 Å². The van der Waals surface area contributed by atoms with Crippen LogP contribution in [0.15, 0.2) is 155 Å². The Labute approximate surface area is 413 Å². The molecule has 0 aliphatic carbocycles. The van der Waals surface area contributed by atoms with Crippen molar-refractivity contribution in [2.24, 2.45) is 11.8 Å². The van der Waals surface area contributed by atoms with Gasteiger partial charge >= 0.3 is 0 Å². The molecule has 1 saturated heterocycles. The second-order valence-corrected chi connectivity index (χ2v) is 18.7. The van der Waals surface area contributed by atoms with Crippen LogP contribution in [0.2, 0.25) is 0 Å².